The van der Waals surface area contributed by atoms with E-state index < -0.39 is 0 Å². The lowest BCUT2D eigenvalue weighted by molar-refractivity contribution is 0.762. The van der Waals surface area contributed by atoms with Gasteiger partial charge < -0.3 is 0 Å². The van der Waals surface area contributed by atoms with Crippen molar-refractivity contribution in [3.63, 3.8) is 0 Å². The average molecular weight is 186 g/mol. The molecule has 0 aromatic carbocycles. The summed E-state index contributed by atoms with van der Waals surface area (Å²) in [6.45, 7) is 0. The molecule has 0 spiro atoms. The van der Waals surface area contributed by atoms with Crippen LogP contribution in [0.15, 0.2) is 60.8 Å². The highest BCUT2D eigenvalue weighted by atomic mass is 13.9. The summed E-state index contributed by atoms with van der Waals surface area (Å²) < 4.78 is 0. The predicted octanol–water partition coefficient (Wildman–Crippen LogP) is 4.34. The Labute approximate surface area is 87.0 Å². The van der Waals surface area contributed by atoms with Gasteiger partial charge in [-0.1, -0.05) is 60.8 Å². The molecule has 0 amide bonds. The molecule has 0 heterocycles. The molecule has 0 aromatic rings. The summed E-state index contributed by atoms with van der Waals surface area (Å²) in [7, 11) is 0. The van der Waals surface area contributed by atoms with E-state index in [2.05, 4.69) is 48.6 Å². The molecule has 0 radical (unpaired) electrons. The molecule has 1 aliphatic carbocycles. The van der Waals surface area contributed by atoms with Crippen LogP contribution in [-0.4, -0.2) is 0 Å². The molecule has 0 saturated heterocycles. The second-order valence-electron chi connectivity index (χ2n) is 3.30. The first kappa shape index (κ1) is 10.8. The highest BCUT2D eigenvalue weighted by Crippen LogP contribution is 2.02. The lowest BCUT2D eigenvalue weighted by Crippen LogP contribution is -1.71. The molecule has 0 heteroatoms. The zero-order valence-corrected chi connectivity index (χ0v) is 8.60. The van der Waals surface area contributed by atoms with Crippen LogP contribution >= 0.6 is 0 Å². The molecule has 0 N–H and O–H groups in total. The third kappa shape index (κ3) is 6.24. The second kappa shape index (κ2) is 8.31. The SMILES string of the molecule is C1=C\C=C/C=C\CCCC/C=C\C=C/1. The Morgan fingerprint density at radius 3 is 1.21 bits per heavy atom. The first-order chi connectivity index (χ1) is 7.00. The van der Waals surface area contributed by atoms with Crippen LogP contribution in [0.4, 0.5) is 0 Å². The van der Waals surface area contributed by atoms with Crippen molar-refractivity contribution in [3.8, 4) is 0 Å². The quantitative estimate of drug-likeness (QED) is 0.528. The van der Waals surface area contributed by atoms with Crippen molar-refractivity contribution in [2.75, 3.05) is 0 Å². The fourth-order valence-corrected chi connectivity index (χ4v) is 1.26. The maximum atomic E-state index is 2.23. The third-order valence-electron chi connectivity index (χ3n) is 2.04. The van der Waals surface area contributed by atoms with Crippen molar-refractivity contribution in [2.24, 2.45) is 0 Å². The molecule has 1 rings (SSSR count). The molecule has 74 valence electrons. The Morgan fingerprint density at radius 2 is 0.786 bits per heavy atom. The minimum Gasteiger partial charge on any atom is -0.0845 e. The summed E-state index contributed by atoms with van der Waals surface area (Å²) in [5, 5.41) is 0. The van der Waals surface area contributed by atoms with Gasteiger partial charge in [-0.2, -0.15) is 0 Å². The molecule has 0 aromatic heterocycles. The Kier molecular flexibility index (Phi) is 6.39. The zero-order chi connectivity index (χ0) is 9.90. The minimum absolute atomic E-state index is 1.19. The van der Waals surface area contributed by atoms with Gasteiger partial charge in [-0.25, -0.2) is 0 Å². The molecule has 1 aliphatic rings. The van der Waals surface area contributed by atoms with Gasteiger partial charge >= 0.3 is 0 Å². The number of allylic oxidation sites excluding steroid dienone is 10. The third-order valence-corrected chi connectivity index (χ3v) is 2.04. The molecular formula is C14H18. The van der Waals surface area contributed by atoms with E-state index in [9.17, 15) is 0 Å². The average Bonchev–Trinajstić information content (AvgIpc) is 2.22. The van der Waals surface area contributed by atoms with Crippen molar-refractivity contribution >= 4 is 0 Å². The van der Waals surface area contributed by atoms with E-state index in [1.807, 2.05) is 12.2 Å². The molecular weight excluding hydrogens is 168 g/mol. The smallest absolute Gasteiger partial charge is 0.0347 e. The van der Waals surface area contributed by atoms with Gasteiger partial charge in [0.05, 0.1) is 0 Å². The molecule has 0 nitrogen and oxygen atoms in total. The summed E-state index contributed by atoms with van der Waals surface area (Å²) >= 11 is 0. The summed E-state index contributed by atoms with van der Waals surface area (Å²) in [4.78, 5) is 0. The van der Waals surface area contributed by atoms with Crippen LogP contribution in [0.25, 0.3) is 0 Å². The van der Waals surface area contributed by atoms with E-state index in [-0.39, 0.29) is 0 Å². The van der Waals surface area contributed by atoms with Gasteiger partial charge in [0.2, 0.25) is 0 Å². The molecule has 0 unspecified atom stereocenters. The molecule has 0 saturated carbocycles. The molecule has 14 heavy (non-hydrogen) atoms. The Balaban J connectivity index is 2.46. The number of hydrogen-bond acceptors (Lipinski definition) is 0. The van der Waals surface area contributed by atoms with Crippen LogP contribution in [-0.2, 0) is 0 Å². The van der Waals surface area contributed by atoms with E-state index >= 15 is 0 Å². The van der Waals surface area contributed by atoms with E-state index in [1.165, 1.54) is 25.7 Å². The topological polar surface area (TPSA) is 0 Å². The lowest BCUT2D eigenvalue weighted by Gasteiger charge is -1.91. The molecule has 0 aliphatic heterocycles. The van der Waals surface area contributed by atoms with Crippen molar-refractivity contribution in [3.05, 3.63) is 60.8 Å². The highest BCUT2D eigenvalue weighted by molar-refractivity contribution is 5.17. The van der Waals surface area contributed by atoms with Gasteiger partial charge in [-0.3, -0.25) is 0 Å². The van der Waals surface area contributed by atoms with Crippen LogP contribution in [0.1, 0.15) is 25.7 Å². The van der Waals surface area contributed by atoms with Gasteiger partial charge in [0.15, 0.2) is 0 Å². The summed E-state index contributed by atoms with van der Waals surface area (Å²) in [6, 6.07) is 0. The summed E-state index contributed by atoms with van der Waals surface area (Å²) in [5.41, 5.74) is 0. The van der Waals surface area contributed by atoms with Gasteiger partial charge in [-0.05, 0) is 25.7 Å². The van der Waals surface area contributed by atoms with E-state index in [1.54, 1.807) is 0 Å². The monoisotopic (exact) mass is 186 g/mol. The first-order valence-electron chi connectivity index (χ1n) is 5.32. The van der Waals surface area contributed by atoms with Gasteiger partial charge in [0.1, 0.15) is 0 Å². The van der Waals surface area contributed by atoms with Crippen molar-refractivity contribution < 1.29 is 0 Å². The Morgan fingerprint density at radius 1 is 0.429 bits per heavy atom. The van der Waals surface area contributed by atoms with Crippen molar-refractivity contribution in [1.82, 2.24) is 0 Å². The highest BCUT2D eigenvalue weighted by Gasteiger charge is 1.82. The van der Waals surface area contributed by atoms with E-state index in [0.29, 0.717) is 0 Å². The van der Waals surface area contributed by atoms with Gasteiger partial charge in [0, 0.05) is 0 Å². The second-order valence-corrected chi connectivity index (χ2v) is 3.30. The maximum Gasteiger partial charge on any atom is -0.0347 e. The van der Waals surface area contributed by atoms with Crippen LogP contribution in [0.5, 0.6) is 0 Å². The Hall–Kier alpha value is -1.30. The lowest BCUT2D eigenvalue weighted by atomic mass is 10.1. The van der Waals surface area contributed by atoms with Crippen LogP contribution in [0, 0.1) is 0 Å². The van der Waals surface area contributed by atoms with Crippen LogP contribution in [0.2, 0.25) is 0 Å². The Bertz CT molecular complexity index is 234. The fourth-order valence-electron chi connectivity index (χ4n) is 1.26. The fraction of sp³-hybridized carbons (Fsp3) is 0.286. The maximum absolute atomic E-state index is 2.23. The van der Waals surface area contributed by atoms with Gasteiger partial charge in [0.25, 0.3) is 0 Å². The van der Waals surface area contributed by atoms with E-state index in [4.69, 9.17) is 0 Å². The minimum atomic E-state index is 1.19. The molecule has 0 bridgehead atoms. The summed E-state index contributed by atoms with van der Waals surface area (Å²) in [6.07, 6.45) is 26.0. The van der Waals surface area contributed by atoms with Crippen molar-refractivity contribution in [1.29, 1.82) is 0 Å². The van der Waals surface area contributed by atoms with Crippen LogP contribution in [0.3, 0.4) is 0 Å². The number of rotatable bonds is 0. The van der Waals surface area contributed by atoms with E-state index in [0.717, 1.165) is 0 Å². The zero-order valence-electron chi connectivity index (χ0n) is 8.60. The van der Waals surface area contributed by atoms with Crippen molar-refractivity contribution in [2.45, 2.75) is 25.7 Å². The molecule has 0 fully saturated rings. The first-order valence-corrected chi connectivity index (χ1v) is 5.32. The number of hydrogen-bond donors (Lipinski definition) is 0. The molecule has 0 atom stereocenters. The predicted molar refractivity (Wildman–Crippen MR) is 64.2 cm³/mol. The van der Waals surface area contributed by atoms with Gasteiger partial charge in [-0.15, -0.1) is 0 Å². The summed E-state index contributed by atoms with van der Waals surface area (Å²) in [5.74, 6) is 0. The normalized spacial score (nSPS) is 29.7. The van der Waals surface area contributed by atoms with Crippen LogP contribution < -0.4 is 0 Å². The standard InChI is InChI=1S/C14H18/c1-2-4-6-8-10-12-14-13-11-9-7-5-3-1/h1-10H,11-14H2/b2-1-,5-3-,6-4-,9-7-,10-8-. The largest absolute Gasteiger partial charge is 0.0845 e.